The third kappa shape index (κ3) is 3.71. The predicted molar refractivity (Wildman–Crippen MR) is 95.6 cm³/mol. The quantitative estimate of drug-likeness (QED) is 0.791. The minimum Gasteiger partial charge on any atom is -0.467 e. The molecule has 1 saturated heterocycles. The van der Waals surface area contributed by atoms with Gasteiger partial charge in [-0.1, -0.05) is 17.7 Å². The summed E-state index contributed by atoms with van der Waals surface area (Å²) in [5.74, 6) is -0.0182. The molecule has 138 valence electrons. The summed E-state index contributed by atoms with van der Waals surface area (Å²) >= 11 is 0. The first kappa shape index (κ1) is 18.0. The molecule has 1 aromatic rings. The van der Waals surface area contributed by atoms with E-state index in [0.29, 0.717) is 37.2 Å². The van der Waals surface area contributed by atoms with Crippen LogP contribution in [-0.4, -0.2) is 48.0 Å². The highest BCUT2D eigenvalue weighted by Gasteiger charge is 2.42. The molecule has 1 fully saturated rings. The number of carbonyl (C=O) groups is 3. The van der Waals surface area contributed by atoms with Crippen molar-refractivity contribution in [2.45, 2.75) is 31.9 Å². The zero-order valence-electron chi connectivity index (χ0n) is 14.8. The molecule has 2 aliphatic rings. The maximum atomic E-state index is 12.5. The van der Waals surface area contributed by atoms with Crippen molar-refractivity contribution >= 4 is 17.7 Å². The van der Waals surface area contributed by atoms with Crippen molar-refractivity contribution in [3.8, 4) is 5.75 Å². The van der Waals surface area contributed by atoms with E-state index in [9.17, 15) is 14.4 Å². The molecule has 0 aromatic heterocycles. The van der Waals surface area contributed by atoms with Crippen molar-refractivity contribution in [2.75, 3.05) is 19.6 Å². The Hall–Kier alpha value is -2.83. The number of hydrogen-bond donors (Lipinski definition) is 2. The number of amides is 3. The lowest BCUT2D eigenvalue weighted by atomic mass is 9.99. The topological polar surface area (TPSA) is 87.7 Å². The lowest BCUT2D eigenvalue weighted by Gasteiger charge is -2.38. The Kier molecular flexibility index (Phi) is 4.97. The number of fused-ring (bicyclic) bond motifs is 1. The summed E-state index contributed by atoms with van der Waals surface area (Å²) in [6.07, 6.45) is 2.58. The Balaban J connectivity index is 1.72. The van der Waals surface area contributed by atoms with Gasteiger partial charge in [0.15, 0.2) is 5.72 Å². The zero-order valence-corrected chi connectivity index (χ0v) is 14.8. The number of carbonyl (C=O) groups excluding carboxylic acids is 3. The van der Waals surface area contributed by atoms with Crippen LogP contribution in [0.25, 0.3) is 0 Å². The lowest BCUT2D eigenvalue weighted by Crippen LogP contribution is -2.56. The molecule has 1 aromatic carbocycles. The van der Waals surface area contributed by atoms with Gasteiger partial charge in [0, 0.05) is 32.4 Å². The molecule has 0 saturated carbocycles. The van der Waals surface area contributed by atoms with E-state index in [2.05, 4.69) is 17.2 Å². The molecule has 0 aliphatic carbocycles. The molecule has 2 N–H and O–H groups in total. The monoisotopic (exact) mass is 357 g/mol. The van der Waals surface area contributed by atoms with Gasteiger partial charge < -0.3 is 20.3 Å². The van der Waals surface area contributed by atoms with Gasteiger partial charge >= 0.3 is 0 Å². The molecule has 0 bridgehead atoms. The fourth-order valence-corrected chi connectivity index (χ4v) is 3.26. The van der Waals surface area contributed by atoms with Crippen LogP contribution in [0.4, 0.5) is 0 Å². The van der Waals surface area contributed by atoms with Crippen molar-refractivity contribution in [1.29, 1.82) is 0 Å². The number of rotatable bonds is 4. The maximum absolute atomic E-state index is 12.5. The molecule has 3 amide bonds. The summed E-state index contributed by atoms with van der Waals surface area (Å²) in [7, 11) is 0. The second-order valence-electron chi connectivity index (χ2n) is 6.71. The van der Waals surface area contributed by atoms with Gasteiger partial charge in [0.1, 0.15) is 5.75 Å². The van der Waals surface area contributed by atoms with Gasteiger partial charge in [-0.05, 0) is 19.1 Å². The maximum Gasteiger partial charge on any atom is 0.258 e. The molecule has 0 radical (unpaired) electrons. The molecule has 2 aliphatic heterocycles. The minimum absolute atomic E-state index is 0.00746. The molecule has 1 atom stereocenters. The van der Waals surface area contributed by atoms with Crippen molar-refractivity contribution in [2.24, 2.45) is 0 Å². The third-order valence-corrected chi connectivity index (χ3v) is 4.69. The second-order valence-corrected chi connectivity index (χ2v) is 6.71. The number of likely N-dealkylation sites (tertiary alicyclic amines) is 1. The molecule has 7 heteroatoms. The second kappa shape index (κ2) is 7.19. The smallest absolute Gasteiger partial charge is 0.258 e. The molecule has 3 rings (SSSR count). The fourth-order valence-electron chi connectivity index (χ4n) is 3.26. The van der Waals surface area contributed by atoms with Gasteiger partial charge in [-0.3, -0.25) is 14.4 Å². The van der Waals surface area contributed by atoms with E-state index in [1.165, 1.54) is 4.90 Å². The highest BCUT2D eigenvalue weighted by atomic mass is 16.5. The van der Waals surface area contributed by atoms with E-state index in [-0.39, 0.29) is 30.7 Å². The number of hydrogen-bond acceptors (Lipinski definition) is 4. The highest BCUT2D eigenvalue weighted by molar-refractivity contribution is 5.98. The molecule has 1 spiro atoms. The largest absolute Gasteiger partial charge is 0.467 e. The Bertz CT molecular complexity index is 761. The first-order chi connectivity index (χ1) is 12.4. The number of aryl methyl sites for hydroxylation is 1. The third-order valence-electron chi connectivity index (χ3n) is 4.69. The van der Waals surface area contributed by atoms with Gasteiger partial charge in [0.25, 0.3) is 5.91 Å². The summed E-state index contributed by atoms with van der Waals surface area (Å²) in [5, 5.41) is 5.60. The molecule has 1 unspecified atom stereocenters. The van der Waals surface area contributed by atoms with Crippen molar-refractivity contribution < 1.29 is 19.1 Å². The van der Waals surface area contributed by atoms with E-state index in [1.54, 1.807) is 18.2 Å². The van der Waals surface area contributed by atoms with E-state index in [0.717, 1.165) is 5.56 Å². The van der Waals surface area contributed by atoms with Crippen LogP contribution in [-0.2, 0) is 9.59 Å². The average Bonchev–Trinajstić information content (AvgIpc) is 2.75. The van der Waals surface area contributed by atoms with Gasteiger partial charge in [-0.15, -0.1) is 6.58 Å². The van der Waals surface area contributed by atoms with E-state index >= 15 is 0 Å². The van der Waals surface area contributed by atoms with Crippen molar-refractivity contribution in [3.63, 3.8) is 0 Å². The molecule has 2 heterocycles. The van der Waals surface area contributed by atoms with Crippen LogP contribution in [0.1, 0.15) is 35.2 Å². The van der Waals surface area contributed by atoms with Gasteiger partial charge in [-0.25, -0.2) is 0 Å². The standard InChI is InChI=1S/C19H23N3O4/c1-3-9-20-16(23)12-22-10-8-19(7-6-17(22)24)21-18(25)14-11-13(2)4-5-15(14)26-19/h3-5,11H,1,6-10,12H2,2H3,(H,20,23)(H,21,25). The van der Waals surface area contributed by atoms with Gasteiger partial charge in [0.05, 0.1) is 12.1 Å². The highest BCUT2D eigenvalue weighted by Crippen LogP contribution is 2.34. The Morgan fingerprint density at radius 3 is 3.00 bits per heavy atom. The van der Waals surface area contributed by atoms with E-state index < -0.39 is 5.72 Å². The van der Waals surface area contributed by atoms with Crippen LogP contribution in [0.5, 0.6) is 5.75 Å². The molecular formula is C19H23N3O4. The Morgan fingerprint density at radius 1 is 1.42 bits per heavy atom. The SMILES string of the molecule is C=CCNC(=O)CN1CCC2(CCC1=O)NC(=O)c1cc(C)ccc1O2. The van der Waals surface area contributed by atoms with Crippen molar-refractivity contribution in [3.05, 3.63) is 42.0 Å². The van der Waals surface area contributed by atoms with Crippen LogP contribution >= 0.6 is 0 Å². The normalized spacial score (nSPS) is 22.1. The lowest BCUT2D eigenvalue weighted by molar-refractivity contribution is -0.135. The number of nitrogens with one attached hydrogen (secondary N) is 2. The van der Waals surface area contributed by atoms with Crippen LogP contribution in [0.15, 0.2) is 30.9 Å². The minimum atomic E-state index is -0.915. The van der Waals surface area contributed by atoms with E-state index in [1.807, 2.05) is 13.0 Å². The summed E-state index contributed by atoms with van der Waals surface area (Å²) in [4.78, 5) is 38.3. The fraction of sp³-hybridized carbons (Fsp3) is 0.421. The molecular weight excluding hydrogens is 334 g/mol. The number of ether oxygens (including phenoxy) is 1. The predicted octanol–water partition coefficient (Wildman–Crippen LogP) is 1.13. The Labute approximate surface area is 152 Å². The first-order valence-corrected chi connectivity index (χ1v) is 8.70. The summed E-state index contributed by atoms with van der Waals surface area (Å²) in [6.45, 7) is 6.15. The summed E-state index contributed by atoms with van der Waals surface area (Å²) in [5.41, 5.74) is 0.569. The van der Waals surface area contributed by atoms with Gasteiger partial charge in [0.2, 0.25) is 11.8 Å². The van der Waals surface area contributed by atoms with Crippen molar-refractivity contribution in [1.82, 2.24) is 15.5 Å². The molecule has 7 nitrogen and oxygen atoms in total. The first-order valence-electron chi connectivity index (χ1n) is 8.70. The van der Waals surface area contributed by atoms with Crippen LogP contribution < -0.4 is 15.4 Å². The summed E-state index contributed by atoms with van der Waals surface area (Å²) in [6, 6.07) is 5.47. The van der Waals surface area contributed by atoms with Gasteiger partial charge in [-0.2, -0.15) is 0 Å². The number of benzene rings is 1. The van der Waals surface area contributed by atoms with E-state index in [4.69, 9.17) is 4.74 Å². The molecule has 26 heavy (non-hydrogen) atoms. The summed E-state index contributed by atoms with van der Waals surface area (Å²) < 4.78 is 6.11. The van der Waals surface area contributed by atoms with Crippen LogP contribution in [0, 0.1) is 6.92 Å². The van der Waals surface area contributed by atoms with Crippen LogP contribution in [0.2, 0.25) is 0 Å². The number of nitrogens with zero attached hydrogens (tertiary/aromatic N) is 1. The average molecular weight is 357 g/mol. The Morgan fingerprint density at radius 2 is 2.23 bits per heavy atom. The van der Waals surface area contributed by atoms with Crippen LogP contribution in [0.3, 0.4) is 0 Å². The zero-order chi connectivity index (χ0) is 18.7.